The van der Waals surface area contributed by atoms with Gasteiger partial charge in [-0.05, 0) is 18.4 Å². The number of aliphatic imine (C=N–C) groups is 1. The molecule has 1 aromatic rings. The van der Waals surface area contributed by atoms with Crippen molar-refractivity contribution in [3.05, 3.63) is 48.0 Å². The van der Waals surface area contributed by atoms with Gasteiger partial charge in [-0.15, -0.1) is 0 Å². The molecule has 1 aliphatic carbocycles. The Morgan fingerprint density at radius 1 is 1.21 bits per heavy atom. The van der Waals surface area contributed by atoms with Gasteiger partial charge in [0.1, 0.15) is 0 Å². The van der Waals surface area contributed by atoms with Crippen LogP contribution in [0.15, 0.2) is 47.5 Å². The zero-order valence-electron chi connectivity index (χ0n) is 14.4. The molecule has 0 bridgehead atoms. The molecule has 2 aliphatic rings. The summed E-state index contributed by atoms with van der Waals surface area (Å²) in [6, 6.07) is 11.5. The van der Waals surface area contributed by atoms with Crippen LogP contribution < -0.4 is 10.6 Å². The monoisotopic (exact) mass is 328 g/mol. The Morgan fingerprint density at radius 3 is 2.58 bits per heavy atom. The van der Waals surface area contributed by atoms with Crippen molar-refractivity contribution in [3.63, 3.8) is 0 Å². The smallest absolute Gasteiger partial charge is 0.191 e. The number of nitrogens with one attached hydrogen (secondary N) is 2. The lowest BCUT2D eigenvalue weighted by atomic mass is 10.0. The van der Waals surface area contributed by atoms with E-state index in [0.717, 1.165) is 51.6 Å². The Hall–Kier alpha value is -1.85. The third kappa shape index (κ3) is 4.58. The minimum atomic E-state index is 0.329. The number of rotatable bonds is 5. The predicted molar refractivity (Wildman–Crippen MR) is 98.2 cm³/mol. The molecule has 5 heteroatoms. The molecule has 5 nitrogen and oxygen atoms in total. The standard InChI is InChI=1S/C19H28N4O/c1-20-19(22-17-9-5-6-10-17)21-15-18(16-7-3-2-4-8-16)23-11-13-24-14-12-23/h2-8,17-18H,9-15H2,1H3,(H2,20,21,22). The van der Waals surface area contributed by atoms with E-state index < -0.39 is 0 Å². The highest BCUT2D eigenvalue weighted by atomic mass is 16.5. The number of hydrogen-bond acceptors (Lipinski definition) is 3. The molecule has 0 amide bonds. The van der Waals surface area contributed by atoms with Crippen LogP contribution >= 0.6 is 0 Å². The zero-order valence-corrected chi connectivity index (χ0v) is 14.4. The molecule has 24 heavy (non-hydrogen) atoms. The topological polar surface area (TPSA) is 48.9 Å². The summed E-state index contributed by atoms with van der Waals surface area (Å²) >= 11 is 0. The second-order valence-corrected chi connectivity index (χ2v) is 6.31. The zero-order chi connectivity index (χ0) is 16.6. The first-order valence-electron chi connectivity index (χ1n) is 8.85. The van der Waals surface area contributed by atoms with E-state index in [1.807, 2.05) is 7.05 Å². The highest BCUT2D eigenvalue weighted by Gasteiger charge is 2.23. The molecule has 0 aromatic heterocycles. The number of nitrogens with zero attached hydrogens (tertiary/aromatic N) is 2. The van der Waals surface area contributed by atoms with Crippen molar-refractivity contribution < 1.29 is 4.74 Å². The number of benzene rings is 1. The highest BCUT2D eigenvalue weighted by Crippen LogP contribution is 2.21. The number of hydrogen-bond donors (Lipinski definition) is 2. The lowest BCUT2D eigenvalue weighted by molar-refractivity contribution is 0.0170. The summed E-state index contributed by atoms with van der Waals surface area (Å²) in [6.07, 6.45) is 6.61. The van der Waals surface area contributed by atoms with Crippen LogP contribution in [0.4, 0.5) is 0 Å². The van der Waals surface area contributed by atoms with E-state index in [0.29, 0.717) is 12.1 Å². The lowest BCUT2D eigenvalue weighted by Gasteiger charge is -2.35. The molecule has 1 heterocycles. The van der Waals surface area contributed by atoms with Gasteiger partial charge in [0.15, 0.2) is 5.96 Å². The van der Waals surface area contributed by atoms with Crippen LogP contribution in [0.5, 0.6) is 0 Å². The Balaban J connectivity index is 1.62. The molecule has 0 radical (unpaired) electrons. The molecule has 130 valence electrons. The second-order valence-electron chi connectivity index (χ2n) is 6.31. The number of ether oxygens (including phenoxy) is 1. The maximum atomic E-state index is 5.52. The molecular weight excluding hydrogens is 300 g/mol. The quantitative estimate of drug-likeness (QED) is 0.493. The van der Waals surface area contributed by atoms with Gasteiger partial charge in [-0.2, -0.15) is 0 Å². The summed E-state index contributed by atoms with van der Waals surface area (Å²) < 4.78 is 5.52. The number of morpholine rings is 1. The van der Waals surface area contributed by atoms with Gasteiger partial charge in [0, 0.05) is 32.7 Å². The Bertz CT molecular complexity index is 544. The summed E-state index contributed by atoms with van der Waals surface area (Å²) in [5, 5.41) is 7.03. The average molecular weight is 328 g/mol. The van der Waals surface area contributed by atoms with Crippen LogP contribution in [0, 0.1) is 0 Å². The van der Waals surface area contributed by atoms with E-state index >= 15 is 0 Å². The number of guanidine groups is 1. The normalized spacial score (nSPS) is 21.0. The van der Waals surface area contributed by atoms with Gasteiger partial charge in [-0.3, -0.25) is 9.89 Å². The molecule has 1 fully saturated rings. The van der Waals surface area contributed by atoms with Crippen molar-refractivity contribution in [1.82, 2.24) is 15.5 Å². The summed E-state index contributed by atoms with van der Waals surface area (Å²) in [4.78, 5) is 6.88. The molecule has 1 aromatic carbocycles. The fourth-order valence-electron chi connectivity index (χ4n) is 3.34. The van der Waals surface area contributed by atoms with Gasteiger partial charge >= 0.3 is 0 Å². The minimum Gasteiger partial charge on any atom is -0.379 e. The molecule has 1 saturated heterocycles. The third-order valence-corrected chi connectivity index (χ3v) is 4.71. The average Bonchev–Trinajstić information content (AvgIpc) is 3.16. The molecule has 1 atom stereocenters. The predicted octanol–water partition coefficient (Wildman–Crippen LogP) is 1.94. The van der Waals surface area contributed by atoms with Crippen LogP contribution in [-0.2, 0) is 4.74 Å². The van der Waals surface area contributed by atoms with E-state index in [1.165, 1.54) is 5.56 Å². The van der Waals surface area contributed by atoms with Crippen molar-refractivity contribution in [2.24, 2.45) is 4.99 Å². The first-order valence-corrected chi connectivity index (χ1v) is 8.85. The first kappa shape index (κ1) is 17.0. The summed E-state index contributed by atoms with van der Waals surface area (Å²) in [5.74, 6) is 0.887. The fraction of sp³-hybridized carbons (Fsp3) is 0.526. The van der Waals surface area contributed by atoms with E-state index in [4.69, 9.17) is 4.74 Å². The van der Waals surface area contributed by atoms with Crippen LogP contribution in [-0.4, -0.2) is 56.8 Å². The Morgan fingerprint density at radius 2 is 1.92 bits per heavy atom. The van der Waals surface area contributed by atoms with Crippen molar-refractivity contribution >= 4 is 5.96 Å². The largest absolute Gasteiger partial charge is 0.379 e. The molecule has 1 unspecified atom stereocenters. The van der Waals surface area contributed by atoms with E-state index in [9.17, 15) is 0 Å². The van der Waals surface area contributed by atoms with Crippen molar-refractivity contribution in [1.29, 1.82) is 0 Å². The van der Waals surface area contributed by atoms with Crippen LogP contribution in [0.25, 0.3) is 0 Å². The summed E-state index contributed by atoms with van der Waals surface area (Å²) in [6.45, 7) is 4.40. The lowest BCUT2D eigenvalue weighted by Crippen LogP contribution is -2.48. The second kappa shape index (κ2) is 8.85. The Kier molecular flexibility index (Phi) is 6.26. The SMILES string of the molecule is CN=C(NCC(c1ccccc1)N1CCOCC1)NC1CC=CC1. The Labute approximate surface area is 144 Å². The van der Waals surface area contributed by atoms with Gasteiger partial charge in [-0.25, -0.2) is 0 Å². The van der Waals surface area contributed by atoms with Crippen molar-refractivity contribution in [2.45, 2.75) is 24.9 Å². The molecule has 0 saturated carbocycles. The van der Waals surface area contributed by atoms with Gasteiger partial charge in [-0.1, -0.05) is 42.5 Å². The van der Waals surface area contributed by atoms with E-state index in [2.05, 4.69) is 63.0 Å². The molecule has 1 aliphatic heterocycles. The first-order chi connectivity index (χ1) is 11.9. The molecule has 3 rings (SSSR count). The van der Waals surface area contributed by atoms with Gasteiger partial charge in [0.2, 0.25) is 0 Å². The van der Waals surface area contributed by atoms with Gasteiger partial charge in [0.05, 0.1) is 19.3 Å². The van der Waals surface area contributed by atoms with E-state index in [1.54, 1.807) is 0 Å². The molecule has 0 spiro atoms. The maximum Gasteiger partial charge on any atom is 0.191 e. The third-order valence-electron chi connectivity index (χ3n) is 4.71. The van der Waals surface area contributed by atoms with Crippen molar-refractivity contribution in [3.8, 4) is 0 Å². The minimum absolute atomic E-state index is 0.329. The van der Waals surface area contributed by atoms with Crippen molar-refractivity contribution in [2.75, 3.05) is 39.9 Å². The maximum absolute atomic E-state index is 5.52. The highest BCUT2D eigenvalue weighted by molar-refractivity contribution is 5.80. The summed E-state index contributed by atoms with van der Waals surface area (Å²) in [7, 11) is 1.84. The fourth-order valence-corrected chi connectivity index (χ4v) is 3.34. The van der Waals surface area contributed by atoms with Crippen LogP contribution in [0.2, 0.25) is 0 Å². The van der Waals surface area contributed by atoms with Crippen LogP contribution in [0.1, 0.15) is 24.4 Å². The molecular formula is C19H28N4O. The summed E-state index contributed by atoms with van der Waals surface area (Å²) in [5.41, 5.74) is 1.34. The van der Waals surface area contributed by atoms with Crippen LogP contribution in [0.3, 0.4) is 0 Å². The van der Waals surface area contributed by atoms with E-state index in [-0.39, 0.29) is 0 Å². The molecule has 2 N–H and O–H groups in total. The van der Waals surface area contributed by atoms with Gasteiger partial charge in [0.25, 0.3) is 0 Å². The van der Waals surface area contributed by atoms with Gasteiger partial charge < -0.3 is 15.4 Å².